The molecular formula is C25H27N3O3S. The van der Waals surface area contributed by atoms with Gasteiger partial charge in [0.15, 0.2) is 0 Å². The van der Waals surface area contributed by atoms with Gasteiger partial charge in [-0.15, -0.1) is 0 Å². The molecule has 0 saturated carbocycles. The molecule has 6 nitrogen and oxygen atoms in total. The van der Waals surface area contributed by atoms with Gasteiger partial charge in [-0.1, -0.05) is 77.9 Å². The first-order valence-electron chi connectivity index (χ1n) is 10.3. The minimum absolute atomic E-state index is 0.159. The average Bonchev–Trinajstić information content (AvgIpc) is 2.77. The van der Waals surface area contributed by atoms with Crippen molar-refractivity contribution in [3.63, 3.8) is 0 Å². The van der Waals surface area contributed by atoms with Crippen LogP contribution in [0.1, 0.15) is 22.3 Å². The van der Waals surface area contributed by atoms with Gasteiger partial charge in [-0.05, 0) is 43.5 Å². The fourth-order valence-corrected chi connectivity index (χ4v) is 4.56. The first-order chi connectivity index (χ1) is 15.3. The highest BCUT2D eigenvalue weighted by molar-refractivity contribution is 7.89. The molecule has 0 unspecified atom stereocenters. The Morgan fingerprint density at radius 3 is 2.34 bits per heavy atom. The van der Waals surface area contributed by atoms with Crippen LogP contribution in [-0.4, -0.2) is 37.9 Å². The van der Waals surface area contributed by atoms with Crippen molar-refractivity contribution in [3.05, 3.63) is 101 Å². The van der Waals surface area contributed by atoms with Crippen LogP contribution in [0.4, 0.5) is 0 Å². The number of rotatable bonds is 9. The molecule has 1 N–H and O–H groups in total. The van der Waals surface area contributed by atoms with Gasteiger partial charge >= 0.3 is 0 Å². The summed E-state index contributed by atoms with van der Waals surface area (Å²) in [6.45, 7) is 3.71. The van der Waals surface area contributed by atoms with E-state index in [-0.39, 0.29) is 18.0 Å². The summed E-state index contributed by atoms with van der Waals surface area (Å²) >= 11 is 0. The van der Waals surface area contributed by atoms with Crippen LogP contribution >= 0.6 is 0 Å². The molecule has 3 rings (SSSR count). The zero-order chi connectivity index (χ0) is 23.0. The van der Waals surface area contributed by atoms with E-state index in [2.05, 4.69) is 10.5 Å². The molecule has 0 saturated heterocycles. The Hall–Kier alpha value is -3.29. The number of hydrazone groups is 1. The van der Waals surface area contributed by atoms with Crippen LogP contribution in [-0.2, 0) is 21.2 Å². The molecule has 0 atom stereocenters. The highest BCUT2D eigenvalue weighted by Gasteiger charge is 2.26. The quantitative estimate of drug-likeness (QED) is 0.400. The molecule has 0 radical (unpaired) electrons. The second kappa shape index (κ2) is 10.8. The third-order valence-electron chi connectivity index (χ3n) is 4.92. The van der Waals surface area contributed by atoms with Gasteiger partial charge < -0.3 is 0 Å². The largest absolute Gasteiger partial charge is 0.272 e. The number of aryl methyl sites for hydroxylation is 2. The van der Waals surface area contributed by atoms with Crippen molar-refractivity contribution in [2.45, 2.75) is 25.2 Å². The van der Waals surface area contributed by atoms with E-state index < -0.39 is 15.9 Å². The summed E-state index contributed by atoms with van der Waals surface area (Å²) < 4.78 is 27.7. The summed E-state index contributed by atoms with van der Waals surface area (Å²) in [6.07, 6.45) is 2.03. The van der Waals surface area contributed by atoms with Gasteiger partial charge in [0.1, 0.15) is 0 Å². The smallest absolute Gasteiger partial charge is 0.255 e. The third-order valence-corrected chi connectivity index (χ3v) is 6.78. The average molecular weight is 450 g/mol. The van der Waals surface area contributed by atoms with E-state index in [9.17, 15) is 13.2 Å². The van der Waals surface area contributed by atoms with Crippen molar-refractivity contribution < 1.29 is 13.2 Å². The molecule has 0 aliphatic heterocycles. The van der Waals surface area contributed by atoms with Gasteiger partial charge in [0.25, 0.3) is 5.91 Å². The molecule has 0 aromatic heterocycles. The molecule has 0 bridgehead atoms. The van der Waals surface area contributed by atoms with Crippen molar-refractivity contribution in [1.29, 1.82) is 0 Å². The van der Waals surface area contributed by atoms with Gasteiger partial charge in [0.2, 0.25) is 10.0 Å². The summed E-state index contributed by atoms with van der Waals surface area (Å²) in [7, 11) is -3.85. The number of nitrogens with zero attached hydrogens (tertiary/aromatic N) is 2. The minimum atomic E-state index is -3.85. The van der Waals surface area contributed by atoms with Crippen LogP contribution in [0.15, 0.2) is 88.9 Å². The van der Waals surface area contributed by atoms with Crippen LogP contribution in [0.25, 0.3) is 0 Å². The third kappa shape index (κ3) is 6.60. The molecule has 0 fully saturated rings. The standard InChI is InChI=1S/C25H27N3O3S/c1-20-11-13-24(14-12-20)32(30,31)28(16-15-22-8-4-3-5-9-22)19-25(29)27-26-18-23-10-6-7-21(2)17-23/h3-14,17-18H,15-16,19H2,1-2H3,(H,27,29)/b26-18-. The summed E-state index contributed by atoms with van der Waals surface area (Å²) in [4.78, 5) is 12.7. The fourth-order valence-electron chi connectivity index (χ4n) is 3.17. The minimum Gasteiger partial charge on any atom is -0.272 e. The normalized spacial score (nSPS) is 11.7. The number of hydrogen-bond donors (Lipinski definition) is 1. The van der Waals surface area contributed by atoms with E-state index in [1.165, 1.54) is 10.5 Å². The summed E-state index contributed by atoms with van der Waals surface area (Å²) in [5.41, 5.74) is 6.32. The lowest BCUT2D eigenvalue weighted by Gasteiger charge is -2.21. The molecule has 7 heteroatoms. The van der Waals surface area contributed by atoms with Gasteiger partial charge in [0.05, 0.1) is 17.7 Å². The number of sulfonamides is 1. The molecule has 3 aromatic rings. The van der Waals surface area contributed by atoms with Crippen LogP contribution in [0.3, 0.4) is 0 Å². The maximum absolute atomic E-state index is 13.2. The second-order valence-corrected chi connectivity index (χ2v) is 9.53. The van der Waals surface area contributed by atoms with Crippen LogP contribution in [0.5, 0.6) is 0 Å². The Balaban J connectivity index is 1.73. The van der Waals surface area contributed by atoms with E-state index in [0.717, 1.165) is 22.3 Å². The van der Waals surface area contributed by atoms with E-state index in [0.29, 0.717) is 6.42 Å². The molecule has 0 heterocycles. The Morgan fingerprint density at radius 1 is 0.938 bits per heavy atom. The molecule has 3 aromatic carbocycles. The maximum atomic E-state index is 13.2. The molecule has 0 spiro atoms. The lowest BCUT2D eigenvalue weighted by atomic mass is 10.1. The molecule has 166 valence electrons. The fraction of sp³-hybridized carbons (Fsp3) is 0.200. The van der Waals surface area contributed by atoms with Crippen molar-refractivity contribution in [2.24, 2.45) is 5.10 Å². The number of carbonyl (C=O) groups is 1. The topological polar surface area (TPSA) is 78.8 Å². The maximum Gasteiger partial charge on any atom is 0.255 e. The van der Waals surface area contributed by atoms with E-state index in [1.54, 1.807) is 24.3 Å². The zero-order valence-corrected chi connectivity index (χ0v) is 19.0. The van der Waals surface area contributed by atoms with Gasteiger partial charge in [-0.2, -0.15) is 9.41 Å². The number of hydrogen-bond acceptors (Lipinski definition) is 4. The Labute approximate surface area is 189 Å². The highest BCUT2D eigenvalue weighted by Crippen LogP contribution is 2.17. The van der Waals surface area contributed by atoms with Gasteiger partial charge in [0, 0.05) is 6.54 Å². The Morgan fingerprint density at radius 2 is 1.66 bits per heavy atom. The van der Waals surface area contributed by atoms with Crippen LogP contribution in [0, 0.1) is 13.8 Å². The van der Waals surface area contributed by atoms with Crippen LogP contribution in [0.2, 0.25) is 0 Å². The molecule has 32 heavy (non-hydrogen) atoms. The summed E-state index contributed by atoms with van der Waals surface area (Å²) in [5, 5.41) is 3.97. The van der Waals surface area contributed by atoms with Gasteiger partial charge in [-0.3, -0.25) is 4.79 Å². The summed E-state index contributed by atoms with van der Waals surface area (Å²) in [6, 6.07) is 23.9. The number of nitrogens with one attached hydrogen (secondary N) is 1. The first kappa shape index (κ1) is 23.4. The van der Waals surface area contributed by atoms with Crippen molar-refractivity contribution in [1.82, 2.24) is 9.73 Å². The van der Waals surface area contributed by atoms with Gasteiger partial charge in [-0.25, -0.2) is 13.8 Å². The number of benzene rings is 3. The lowest BCUT2D eigenvalue weighted by molar-refractivity contribution is -0.121. The molecule has 0 aliphatic carbocycles. The zero-order valence-electron chi connectivity index (χ0n) is 18.2. The Bertz CT molecular complexity index is 1170. The van der Waals surface area contributed by atoms with Crippen molar-refractivity contribution in [3.8, 4) is 0 Å². The first-order valence-corrected chi connectivity index (χ1v) is 11.8. The van der Waals surface area contributed by atoms with E-state index >= 15 is 0 Å². The SMILES string of the molecule is Cc1ccc(S(=O)(=O)N(CCc2ccccc2)CC(=O)N/N=C\c2cccc(C)c2)cc1. The number of amides is 1. The lowest BCUT2D eigenvalue weighted by Crippen LogP contribution is -2.40. The number of carbonyl (C=O) groups excluding carboxylic acids is 1. The predicted octanol–water partition coefficient (Wildman–Crippen LogP) is 3.69. The molecule has 0 aliphatic rings. The summed E-state index contributed by atoms with van der Waals surface area (Å²) in [5.74, 6) is -0.502. The van der Waals surface area contributed by atoms with Crippen molar-refractivity contribution in [2.75, 3.05) is 13.1 Å². The molecular weight excluding hydrogens is 422 g/mol. The second-order valence-electron chi connectivity index (χ2n) is 7.59. The van der Waals surface area contributed by atoms with E-state index in [4.69, 9.17) is 0 Å². The Kier molecular flexibility index (Phi) is 7.92. The van der Waals surface area contributed by atoms with Crippen LogP contribution < -0.4 is 5.43 Å². The predicted molar refractivity (Wildman–Crippen MR) is 127 cm³/mol. The monoisotopic (exact) mass is 449 g/mol. The van der Waals surface area contributed by atoms with E-state index in [1.807, 2.05) is 68.4 Å². The molecule has 1 amide bonds. The van der Waals surface area contributed by atoms with Crippen molar-refractivity contribution >= 4 is 22.1 Å². The highest BCUT2D eigenvalue weighted by atomic mass is 32.2.